The fourth-order valence-corrected chi connectivity index (χ4v) is 3.85. The molecule has 1 unspecified atom stereocenters. The van der Waals surface area contributed by atoms with Crippen molar-refractivity contribution in [1.29, 1.82) is 0 Å². The number of rotatable bonds is 4. The largest absolute Gasteiger partial charge is 0.480 e. The number of aromatic nitrogens is 2. The van der Waals surface area contributed by atoms with E-state index in [0.717, 1.165) is 35.3 Å². The smallest absolute Gasteiger partial charge is 0.325 e. The monoisotopic (exact) mass is 291 g/mol. The minimum atomic E-state index is -0.873. The van der Waals surface area contributed by atoms with Crippen LogP contribution in [0.2, 0.25) is 0 Å². The third kappa shape index (κ3) is 2.14. The molecule has 0 amide bonds. The lowest BCUT2D eigenvalue weighted by molar-refractivity contribution is -0.137. The zero-order valence-electron chi connectivity index (χ0n) is 11.6. The van der Waals surface area contributed by atoms with Gasteiger partial charge >= 0.3 is 5.97 Å². The number of aryl methyl sites for hydroxylation is 3. The first-order valence-corrected chi connectivity index (χ1v) is 7.72. The van der Waals surface area contributed by atoms with Crippen LogP contribution in [0.5, 0.6) is 0 Å². The van der Waals surface area contributed by atoms with Crippen molar-refractivity contribution in [2.75, 3.05) is 5.32 Å². The molecule has 2 heterocycles. The van der Waals surface area contributed by atoms with Gasteiger partial charge in [-0.2, -0.15) is 0 Å². The van der Waals surface area contributed by atoms with Crippen molar-refractivity contribution in [2.45, 2.75) is 45.6 Å². The molecule has 0 spiro atoms. The normalized spacial score (nSPS) is 15.3. The number of carboxylic acid groups (broad SMARTS) is 1. The van der Waals surface area contributed by atoms with Crippen molar-refractivity contribution >= 4 is 33.3 Å². The predicted molar refractivity (Wildman–Crippen MR) is 79.5 cm³/mol. The van der Waals surface area contributed by atoms with Crippen LogP contribution in [0.25, 0.3) is 10.2 Å². The molecule has 3 rings (SSSR count). The van der Waals surface area contributed by atoms with Crippen molar-refractivity contribution in [3.05, 3.63) is 16.3 Å². The van der Waals surface area contributed by atoms with E-state index in [1.165, 1.54) is 16.9 Å². The van der Waals surface area contributed by atoms with Gasteiger partial charge in [-0.05, 0) is 31.7 Å². The maximum atomic E-state index is 11.1. The van der Waals surface area contributed by atoms with Gasteiger partial charge in [0.2, 0.25) is 0 Å². The van der Waals surface area contributed by atoms with Crippen LogP contribution in [0.4, 0.5) is 5.82 Å². The summed E-state index contributed by atoms with van der Waals surface area (Å²) >= 11 is 1.73. The quantitative estimate of drug-likeness (QED) is 0.905. The Hall–Kier alpha value is -1.69. The van der Waals surface area contributed by atoms with E-state index in [-0.39, 0.29) is 0 Å². The highest BCUT2D eigenvalue weighted by atomic mass is 32.1. The average molecular weight is 291 g/mol. The number of aliphatic carboxylic acids is 1. The van der Waals surface area contributed by atoms with Gasteiger partial charge in [0.05, 0.1) is 5.39 Å². The van der Waals surface area contributed by atoms with Crippen LogP contribution in [-0.2, 0) is 24.1 Å². The van der Waals surface area contributed by atoms with Crippen molar-refractivity contribution in [3.63, 3.8) is 0 Å². The summed E-state index contributed by atoms with van der Waals surface area (Å²) in [6, 6.07) is -0.658. The number of anilines is 1. The zero-order chi connectivity index (χ0) is 14.3. The maximum Gasteiger partial charge on any atom is 0.325 e. The molecule has 106 valence electrons. The first kappa shape index (κ1) is 13.3. The summed E-state index contributed by atoms with van der Waals surface area (Å²) in [7, 11) is 0. The van der Waals surface area contributed by atoms with Crippen LogP contribution >= 0.6 is 11.3 Å². The molecule has 0 fully saturated rings. The second kappa shape index (κ2) is 5.01. The highest BCUT2D eigenvalue weighted by molar-refractivity contribution is 7.19. The number of carbonyl (C=O) groups is 1. The van der Waals surface area contributed by atoms with E-state index in [4.69, 9.17) is 5.11 Å². The van der Waals surface area contributed by atoms with E-state index < -0.39 is 12.0 Å². The van der Waals surface area contributed by atoms with E-state index >= 15 is 0 Å². The molecule has 0 aromatic carbocycles. The molecule has 6 heteroatoms. The van der Waals surface area contributed by atoms with Gasteiger partial charge in [-0.25, -0.2) is 9.97 Å². The average Bonchev–Trinajstić information content (AvgIpc) is 2.97. The molecule has 0 aliphatic heterocycles. The topological polar surface area (TPSA) is 75.1 Å². The van der Waals surface area contributed by atoms with E-state index in [2.05, 4.69) is 15.3 Å². The Morgan fingerprint density at radius 1 is 1.45 bits per heavy atom. The summed E-state index contributed by atoms with van der Waals surface area (Å²) in [5.41, 5.74) is 1.31. The molecule has 1 atom stereocenters. The molecule has 0 bridgehead atoms. The molecule has 20 heavy (non-hydrogen) atoms. The molecular formula is C14H17N3O2S. The van der Waals surface area contributed by atoms with Gasteiger partial charge in [0.15, 0.2) is 0 Å². The summed E-state index contributed by atoms with van der Waals surface area (Å²) in [6.45, 7) is 3.64. The van der Waals surface area contributed by atoms with Gasteiger partial charge < -0.3 is 10.4 Å². The number of hydrogen-bond donors (Lipinski definition) is 2. The van der Waals surface area contributed by atoms with Crippen LogP contribution in [0.1, 0.15) is 36.5 Å². The van der Waals surface area contributed by atoms with Gasteiger partial charge in [0.1, 0.15) is 22.5 Å². The van der Waals surface area contributed by atoms with Gasteiger partial charge in [0, 0.05) is 11.3 Å². The van der Waals surface area contributed by atoms with E-state index in [1.54, 1.807) is 18.3 Å². The molecule has 1 aliphatic rings. The van der Waals surface area contributed by atoms with Crippen LogP contribution in [0.15, 0.2) is 0 Å². The van der Waals surface area contributed by atoms with Crippen molar-refractivity contribution in [3.8, 4) is 0 Å². The standard InChI is InChI=1S/C14H17N3O2S/c1-3-10-16-12(15-7(2)14(18)19)11-8-5-4-6-9(8)20-13(11)17-10/h7H,3-6H2,1-2H3,(H,18,19)(H,15,16,17). The summed E-state index contributed by atoms with van der Waals surface area (Å²) in [6.07, 6.45) is 4.06. The van der Waals surface area contributed by atoms with E-state index in [0.29, 0.717) is 5.82 Å². The summed E-state index contributed by atoms with van der Waals surface area (Å²) < 4.78 is 0. The Bertz CT molecular complexity index is 681. The zero-order valence-corrected chi connectivity index (χ0v) is 12.4. The van der Waals surface area contributed by atoms with Crippen molar-refractivity contribution < 1.29 is 9.90 Å². The Balaban J connectivity index is 2.14. The highest BCUT2D eigenvalue weighted by Crippen LogP contribution is 2.39. The minimum Gasteiger partial charge on any atom is -0.480 e. The molecular weight excluding hydrogens is 274 g/mol. The first-order chi connectivity index (χ1) is 9.60. The lowest BCUT2D eigenvalue weighted by atomic mass is 10.2. The molecule has 2 aromatic heterocycles. The van der Waals surface area contributed by atoms with Crippen LogP contribution in [0, 0.1) is 0 Å². The Kier molecular flexibility index (Phi) is 3.33. The molecule has 5 nitrogen and oxygen atoms in total. The van der Waals surface area contributed by atoms with Gasteiger partial charge in [-0.3, -0.25) is 4.79 Å². The number of carboxylic acids is 1. The molecule has 0 saturated carbocycles. The summed E-state index contributed by atoms with van der Waals surface area (Å²) in [5.74, 6) is 0.570. The predicted octanol–water partition coefficient (Wildman–Crippen LogP) is 2.63. The molecule has 0 saturated heterocycles. The molecule has 0 radical (unpaired) electrons. The van der Waals surface area contributed by atoms with Crippen molar-refractivity contribution in [2.24, 2.45) is 0 Å². The third-order valence-corrected chi connectivity index (χ3v) is 4.84. The number of nitrogens with one attached hydrogen (secondary N) is 1. The van der Waals surface area contributed by atoms with Crippen LogP contribution in [0.3, 0.4) is 0 Å². The van der Waals surface area contributed by atoms with Crippen LogP contribution < -0.4 is 5.32 Å². The summed E-state index contributed by atoms with van der Waals surface area (Å²) in [4.78, 5) is 22.5. The van der Waals surface area contributed by atoms with Gasteiger partial charge in [0.25, 0.3) is 0 Å². The Morgan fingerprint density at radius 2 is 2.25 bits per heavy atom. The molecule has 1 aliphatic carbocycles. The minimum absolute atomic E-state index is 0.658. The molecule has 2 N–H and O–H groups in total. The number of nitrogens with zero attached hydrogens (tertiary/aromatic N) is 2. The lowest BCUT2D eigenvalue weighted by Crippen LogP contribution is -2.26. The molecule has 2 aromatic rings. The third-order valence-electron chi connectivity index (χ3n) is 3.65. The van der Waals surface area contributed by atoms with Gasteiger partial charge in [-0.1, -0.05) is 6.92 Å². The Labute approximate surface area is 121 Å². The van der Waals surface area contributed by atoms with E-state index in [1.807, 2.05) is 6.92 Å². The maximum absolute atomic E-state index is 11.1. The second-order valence-electron chi connectivity index (χ2n) is 5.08. The first-order valence-electron chi connectivity index (χ1n) is 6.90. The Morgan fingerprint density at radius 3 is 2.95 bits per heavy atom. The number of fused-ring (bicyclic) bond motifs is 3. The highest BCUT2D eigenvalue weighted by Gasteiger charge is 2.23. The lowest BCUT2D eigenvalue weighted by Gasteiger charge is -2.12. The fraction of sp³-hybridized carbons (Fsp3) is 0.500. The number of thiophene rings is 1. The second-order valence-corrected chi connectivity index (χ2v) is 6.17. The number of hydrogen-bond acceptors (Lipinski definition) is 5. The SMILES string of the molecule is CCc1nc(NC(C)C(=O)O)c2c3c(sc2n1)CCC3. The van der Waals surface area contributed by atoms with E-state index in [9.17, 15) is 4.79 Å². The fourth-order valence-electron chi connectivity index (χ4n) is 2.57. The van der Waals surface area contributed by atoms with Crippen LogP contribution in [-0.4, -0.2) is 27.1 Å². The van der Waals surface area contributed by atoms with Gasteiger partial charge in [-0.15, -0.1) is 11.3 Å². The van der Waals surface area contributed by atoms with Crippen molar-refractivity contribution in [1.82, 2.24) is 9.97 Å². The summed E-state index contributed by atoms with van der Waals surface area (Å²) in [5, 5.41) is 13.1.